The van der Waals surface area contributed by atoms with Crippen LogP contribution in [-0.2, 0) is 0 Å². The second kappa shape index (κ2) is 20.3. The first kappa shape index (κ1) is 38.3. The van der Waals surface area contributed by atoms with Crippen molar-refractivity contribution in [3.05, 3.63) is 0 Å². The van der Waals surface area contributed by atoms with Crippen molar-refractivity contribution in [1.29, 1.82) is 0 Å². The van der Waals surface area contributed by atoms with E-state index in [1.54, 1.807) is 0 Å². The Balaban J connectivity index is 0. The third-order valence-corrected chi connectivity index (χ3v) is 0. The van der Waals surface area contributed by atoms with E-state index < -0.39 is 0 Å². The summed E-state index contributed by atoms with van der Waals surface area (Å²) in [5.41, 5.74) is 0. The third-order valence-electron chi connectivity index (χ3n) is 0. The summed E-state index contributed by atoms with van der Waals surface area (Å²) in [6.45, 7) is 0. The van der Waals surface area contributed by atoms with Crippen molar-refractivity contribution >= 4 is 8.41 Å². The van der Waals surface area contributed by atoms with Gasteiger partial charge in [0, 0.05) is 0 Å². The van der Waals surface area contributed by atoms with Crippen molar-refractivity contribution < 1.29 is 60.8 Å². The molecule has 4 heteroatoms. The van der Waals surface area contributed by atoms with Crippen molar-refractivity contribution in [2.24, 2.45) is 0 Å². The van der Waals surface area contributed by atoms with Crippen LogP contribution in [0.4, 0.5) is 0 Å². The average molecular weight is 80.2 g/mol. The number of hydrogen-bond donors (Lipinski definition) is 0. The first-order valence-corrected chi connectivity index (χ1v) is 0. The summed E-state index contributed by atoms with van der Waals surface area (Å²) in [4.78, 5) is 0. The molecule has 0 heterocycles. The first-order chi connectivity index (χ1) is 0. The summed E-state index contributed by atoms with van der Waals surface area (Å²) in [5.74, 6) is 0. The predicted octanol–water partition coefficient (Wildman–Crippen LogP) is -10.4. The van der Waals surface area contributed by atoms with Crippen LogP contribution in [-0.4, -0.2) is 8.41 Å². The van der Waals surface area contributed by atoms with Crippen LogP contribution in [0.3, 0.4) is 0 Å². The van der Waals surface area contributed by atoms with Gasteiger partial charge in [0.2, 0.25) is 0 Å². The number of hydrogen-bond acceptors (Lipinski definition) is 0. The Morgan fingerprint density at radius 2 is 1.00 bits per heavy atom. The van der Waals surface area contributed by atoms with Gasteiger partial charge in [-0.05, 0) is 0 Å². The van der Waals surface area contributed by atoms with Gasteiger partial charge in [-0.1, -0.05) is 8.41 Å². The molecule has 0 saturated heterocycles. The zero-order valence-electron chi connectivity index (χ0n) is 2.38. The van der Waals surface area contributed by atoms with Crippen molar-refractivity contribution in [2.75, 3.05) is 0 Å². The quantitative estimate of drug-likeness (QED) is 0.254. The fourth-order valence-electron chi connectivity index (χ4n) is 0. The van der Waals surface area contributed by atoms with Crippen molar-refractivity contribution in [2.45, 2.75) is 0 Å². The van der Waals surface area contributed by atoms with E-state index in [0.717, 1.165) is 0 Å². The second-order valence-electron chi connectivity index (χ2n) is 0. The number of halogens is 1. The Labute approximate surface area is 68.6 Å². The van der Waals surface area contributed by atoms with Crippen molar-refractivity contribution in [3.8, 4) is 0 Å². The molecule has 16 valence electrons. The van der Waals surface area contributed by atoms with E-state index in [0.29, 0.717) is 0 Å². The Morgan fingerprint density at radius 1 is 1.00 bits per heavy atom. The summed E-state index contributed by atoms with van der Waals surface area (Å²) < 4.78 is 0. The Kier molecular flexibility index (Phi) is 194. The molecular weight excluding hydrogens is 76.2 g/mol. The summed E-state index contributed by atoms with van der Waals surface area (Å²) in [7, 11) is 0. The van der Waals surface area contributed by atoms with E-state index in [4.69, 9.17) is 0 Å². The monoisotopic (exact) mass is 80.0 g/mol. The minimum absolute atomic E-state index is 0. The van der Waals surface area contributed by atoms with Crippen molar-refractivity contribution in [1.82, 2.24) is 0 Å². The maximum atomic E-state index is 0. The molecule has 0 unspecified atom stereocenters. The molecule has 0 spiro atoms. The van der Waals surface area contributed by atoms with Gasteiger partial charge in [-0.15, -0.1) is 0 Å². The average Bonchev–Trinajstić information content (AvgIpc) is 0. The molecule has 0 aliphatic rings. The van der Waals surface area contributed by atoms with Gasteiger partial charge in [0.15, 0.2) is 0 Å². The van der Waals surface area contributed by atoms with E-state index in [1.807, 2.05) is 0 Å². The van der Waals surface area contributed by atoms with Gasteiger partial charge in [-0.2, -0.15) is 0 Å². The molecule has 0 fully saturated rings. The smallest absolute Gasteiger partial charge is 1.00 e. The number of rotatable bonds is 0. The second-order valence-corrected chi connectivity index (χ2v) is 0. The molecule has 0 aliphatic heterocycles. The predicted molar refractivity (Wildman–Crippen MR) is 11.3 cm³/mol. The van der Waals surface area contributed by atoms with Gasteiger partial charge >= 0.3 is 48.4 Å². The topological polar surface area (TPSA) is 0 Å². The molecular formula is H4BClLiNa. The fraction of sp³-hybridized carbons (Fsp3) is 0. The van der Waals surface area contributed by atoms with Gasteiger partial charge < -0.3 is 12.4 Å². The van der Waals surface area contributed by atoms with Crippen LogP contribution in [0, 0.1) is 0 Å². The molecule has 0 saturated carbocycles. The normalized spacial score (nSPS) is 0. The minimum Gasteiger partial charge on any atom is -1.00 e. The molecule has 0 radical (unpaired) electrons. The Hall–Kier alpha value is 1.95. The molecule has 0 aromatic heterocycles. The maximum Gasteiger partial charge on any atom is 1.00 e. The molecule has 4 heavy (non-hydrogen) atoms. The molecule has 0 aromatic carbocycles. The largest absolute Gasteiger partial charge is 1.00 e. The van der Waals surface area contributed by atoms with E-state index in [-0.39, 0.29) is 69.2 Å². The van der Waals surface area contributed by atoms with Crippen molar-refractivity contribution in [3.63, 3.8) is 0 Å². The molecule has 0 nitrogen and oxygen atoms in total. The van der Waals surface area contributed by atoms with E-state index in [9.17, 15) is 0 Å². The molecule has 0 rings (SSSR count). The Morgan fingerprint density at radius 3 is 1.00 bits per heavy atom. The van der Waals surface area contributed by atoms with Gasteiger partial charge in [0.1, 0.15) is 0 Å². The van der Waals surface area contributed by atoms with Gasteiger partial charge in [-0.3, -0.25) is 0 Å². The van der Waals surface area contributed by atoms with Crippen LogP contribution >= 0.6 is 0 Å². The minimum atomic E-state index is 0. The van der Waals surface area contributed by atoms with Crippen LogP contribution in [0.2, 0.25) is 0 Å². The zero-order chi connectivity index (χ0) is 0. The van der Waals surface area contributed by atoms with Crippen LogP contribution in [0.1, 0.15) is 0 Å². The standard InChI is InChI=1S/BH4.ClH.Li.Na/h1H4;1H;;/q-1;;2*+1/p-1. The fourth-order valence-corrected chi connectivity index (χ4v) is 0. The van der Waals surface area contributed by atoms with Gasteiger partial charge in [0.25, 0.3) is 0 Å². The molecule has 0 aromatic rings. The van der Waals surface area contributed by atoms with Gasteiger partial charge in [0.05, 0.1) is 0 Å². The Bertz CT molecular complexity index is 8.00. The summed E-state index contributed by atoms with van der Waals surface area (Å²) >= 11 is 0. The summed E-state index contributed by atoms with van der Waals surface area (Å²) in [6.07, 6.45) is 0. The third kappa shape index (κ3) is 9.04. The molecule has 0 bridgehead atoms. The van der Waals surface area contributed by atoms with Crippen LogP contribution in [0.5, 0.6) is 0 Å². The van der Waals surface area contributed by atoms with Gasteiger partial charge in [-0.25, -0.2) is 0 Å². The van der Waals surface area contributed by atoms with Crippen LogP contribution < -0.4 is 60.8 Å². The van der Waals surface area contributed by atoms with E-state index in [2.05, 4.69) is 0 Å². The van der Waals surface area contributed by atoms with Crippen LogP contribution in [0.15, 0.2) is 0 Å². The molecule has 0 amide bonds. The molecule has 0 atom stereocenters. The summed E-state index contributed by atoms with van der Waals surface area (Å²) in [5, 5.41) is 0. The SMILES string of the molecule is [BH4-].[Cl-].[Li+].[Na+]. The molecule has 0 N–H and O–H groups in total. The molecule has 0 aliphatic carbocycles. The summed E-state index contributed by atoms with van der Waals surface area (Å²) in [6, 6.07) is 0. The maximum absolute atomic E-state index is 0. The zero-order valence-corrected chi connectivity index (χ0v) is 5.13. The van der Waals surface area contributed by atoms with E-state index >= 15 is 0 Å². The first-order valence-electron chi connectivity index (χ1n) is 0. The van der Waals surface area contributed by atoms with Crippen LogP contribution in [0.25, 0.3) is 0 Å². The van der Waals surface area contributed by atoms with E-state index in [1.165, 1.54) is 0 Å².